The predicted octanol–water partition coefficient (Wildman–Crippen LogP) is 4.13. The lowest BCUT2D eigenvalue weighted by atomic mass is 9.99. The molecule has 0 amide bonds. The van der Waals surface area contributed by atoms with Crippen LogP contribution in [-0.4, -0.2) is 16.5 Å². The van der Waals surface area contributed by atoms with E-state index in [1.165, 1.54) is 29.0 Å². The third-order valence-corrected chi connectivity index (χ3v) is 3.84. The normalized spacial score (nSPS) is 10.5. The van der Waals surface area contributed by atoms with E-state index in [0.29, 0.717) is 12.4 Å². The first kappa shape index (κ1) is 16.9. The Hall–Kier alpha value is -2.43. The van der Waals surface area contributed by atoms with Crippen LogP contribution in [0, 0.1) is 10.1 Å². The lowest BCUT2D eigenvalue weighted by molar-refractivity contribution is -0.384. The summed E-state index contributed by atoms with van der Waals surface area (Å²) in [5.74, 6) is 0.662. The van der Waals surface area contributed by atoms with E-state index in [1.54, 1.807) is 12.1 Å². The van der Waals surface area contributed by atoms with Crippen molar-refractivity contribution in [2.75, 3.05) is 6.61 Å². The highest BCUT2D eigenvalue weighted by molar-refractivity contribution is 5.36. The summed E-state index contributed by atoms with van der Waals surface area (Å²) >= 11 is 0. The highest BCUT2D eigenvalue weighted by atomic mass is 16.6. The topological polar surface area (TPSA) is 65.3 Å². The second-order valence-corrected chi connectivity index (χ2v) is 5.31. The molecule has 1 aromatic heterocycles. The zero-order chi connectivity index (χ0) is 16.7. The number of hydrogen-bond acceptors (Lipinski definition) is 4. The highest BCUT2D eigenvalue weighted by Gasteiger charge is 2.07. The Balaban J connectivity index is 1.87. The van der Waals surface area contributed by atoms with Gasteiger partial charge in [0.15, 0.2) is 0 Å². The van der Waals surface area contributed by atoms with Crippen molar-refractivity contribution in [1.82, 2.24) is 4.98 Å². The van der Waals surface area contributed by atoms with Crippen LogP contribution >= 0.6 is 0 Å². The summed E-state index contributed by atoms with van der Waals surface area (Å²) in [5.41, 5.74) is 3.95. The predicted molar refractivity (Wildman–Crippen MR) is 89.9 cm³/mol. The maximum absolute atomic E-state index is 10.6. The monoisotopic (exact) mass is 314 g/mol. The van der Waals surface area contributed by atoms with Crippen molar-refractivity contribution >= 4 is 5.69 Å². The Bertz CT molecular complexity index is 654. The van der Waals surface area contributed by atoms with Crippen LogP contribution in [0.3, 0.4) is 0 Å². The van der Waals surface area contributed by atoms with E-state index in [0.717, 1.165) is 25.7 Å². The maximum atomic E-state index is 10.6. The second-order valence-electron chi connectivity index (χ2n) is 5.31. The minimum atomic E-state index is -0.412. The average Bonchev–Trinajstić information content (AvgIpc) is 2.58. The number of non-ortho nitro benzene ring substituents is 1. The molecule has 1 heterocycles. The number of nitrogens with zero attached hydrogens (tertiary/aromatic N) is 2. The first-order valence-corrected chi connectivity index (χ1v) is 7.98. The molecular formula is C18H22N2O3. The molecule has 2 rings (SSSR count). The van der Waals surface area contributed by atoms with Gasteiger partial charge in [-0.15, -0.1) is 0 Å². The molecule has 5 heteroatoms. The molecule has 0 aliphatic carbocycles. The van der Waals surface area contributed by atoms with Crippen LogP contribution in [0.1, 0.15) is 37.1 Å². The van der Waals surface area contributed by atoms with Gasteiger partial charge in [-0.1, -0.05) is 13.8 Å². The van der Waals surface area contributed by atoms with E-state index in [4.69, 9.17) is 4.74 Å². The van der Waals surface area contributed by atoms with Gasteiger partial charge in [0.05, 0.1) is 11.5 Å². The second kappa shape index (κ2) is 8.27. The van der Waals surface area contributed by atoms with E-state index in [-0.39, 0.29) is 5.69 Å². The minimum absolute atomic E-state index is 0.0776. The van der Waals surface area contributed by atoms with Gasteiger partial charge in [-0.05, 0) is 55.0 Å². The maximum Gasteiger partial charge on any atom is 0.269 e. The van der Waals surface area contributed by atoms with Crippen LogP contribution in [-0.2, 0) is 19.3 Å². The van der Waals surface area contributed by atoms with E-state index < -0.39 is 4.92 Å². The molecule has 0 saturated carbocycles. The molecule has 0 radical (unpaired) electrons. The summed E-state index contributed by atoms with van der Waals surface area (Å²) in [6.45, 7) is 4.88. The summed E-state index contributed by atoms with van der Waals surface area (Å²) in [6.07, 6.45) is 5.68. The van der Waals surface area contributed by atoms with E-state index in [9.17, 15) is 10.1 Å². The fourth-order valence-electron chi connectivity index (χ4n) is 2.67. The molecule has 1 aromatic carbocycles. The fraction of sp³-hybridized carbons (Fsp3) is 0.389. The molecule has 23 heavy (non-hydrogen) atoms. The Kier molecular flexibility index (Phi) is 6.09. The summed E-state index contributed by atoms with van der Waals surface area (Å²) in [5, 5.41) is 10.6. The summed E-state index contributed by atoms with van der Waals surface area (Å²) < 4.78 is 5.65. The summed E-state index contributed by atoms with van der Waals surface area (Å²) in [4.78, 5) is 14.6. The Morgan fingerprint density at radius 2 is 1.87 bits per heavy atom. The number of ether oxygens (including phenoxy) is 1. The quantitative estimate of drug-likeness (QED) is 0.417. The van der Waals surface area contributed by atoms with Crippen molar-refractivity contribution in [3.05, 3.63) is 63.5 Å². The molecule has 0 N–H and O–H groups in total. The van der Waals surface area contributed by atoms with Crippen molar-refractivity contribution in [1.29, 1.82) is 0 Å². The molecule has 0 bridgehead atoms. The Labute approximate surface area is 136 Å². The standard InChI is InChI=1S/C18H22N2O3/c1-3-17-14(11-12-19-18(17)4-2)6-5-13-23-16-9-7-15(8-10-16)20(21)22/h7-12H,3-6,13H2,1-2H3. The molecule has 0 saturated heterocycles. The van der Waals surface area contributed by atoms with Crippen molar-refractivity contribution in [2.45, 2.75) is 39.5 Å². The first-order valence-electron chi connectivity index (χ1n) is 7.98. The van der Waals surface area contributed by atoms with Gasteiger partial charge in [0.25, 0.3) is 5.69 Å². The summed E-state index contributed by atoms with van der Waals surface area (Å²) in [7, 11) is 0. The number of hydrogen-bond donors (Lipinski definition) is 0. The molecule has 0 aliphatic rings. The van der Waals surface area contributed by atoms with Crippen LogP contribution in [0.4, 0.5) is 5.69 Å². The van der Waals surface area contributed by atoms with Gasteiger partial charge in [-0.25, -0.2) is 0 Å². The van der Waals surface area contributed by atoms with Gasteiger partial charge in [-0.3, -0.25) is 15.1 Å². The smallest absolute Gasteiger partial charge is 0.269 e. The number of nitro groups is 1. The van der Waals surface area contributed by atoms with Crippen LogP contribution in [0.15, 0.2) is 36.5 Å². The lowest BCUT2D eigenvalue weighted by Crippen LogP contribution is -2.04. The van der Waals surface area contributed by atoms with Crippen LogP contribution in [0.5, 0.6) is 5.75 Å². The number of benzene rings is 1. The highest BCUT2D eigenvalue weighted by Crippen LogP contribution is 2.19. The van der Waals surface area contributed by atoms with E-state index >= 15 is 0 Å². The third kappa shape index (κ3) is 4.52. The molecular weight excluding hydrogens is 292 g/mol. The minimum Gasteiger partial charge on any atom is -0.494 e. The zero-order valence-electron chi connectivity index (χ0n) is 13.6. The Morgan fingerprint density at radius 1 is 1.13 bits per heavy atom. The molecule has 0 unspecified atom stereocenters. The van der Waals surface area contributed by atoms with Crippen molar-refractivity contribution in [2.24, 2.45) is 0 Å². The number of rotatable bonds is 8. The number of pyridine rings is 1. The molecule has 2 aromatic rings. The van der Waals surface area contributed by atoms with Crippen LogP contribution in [0.2, 0.25) is 0 Å². The average molecular weight is 314 g/mol. The molecule has 0 fully saturated rings. The number of aromatic nitrogens is 1. The van der Waals surface area contributed by atoms with Gasteiger partial charge in [0.1, 0.15) is 5.75 Å². The molecule has 5 nitrogen and oxygen atoms in total. The fourth-order valence-corrected chi connectivity index (χ4v) is 2.67. The van der Waals surface area contributed by atoms with Crippen LogP contribution in [0.25, 0.3) is 0 Å². The lowest BCUT2D eigenvalue weighted by Gasteiger charge is -2.12. The van der Waals surface area contributed by atoms with Gasteiger partial charge in [-0.2, -0.15) is 0 Å². The van der Waals surface area contributed by atoms with Crippen LogP contribution < -0.4 is 4.74 Å². The zero-order valence-corrected chi connectivity index (χ0v) is 13.6. The number of nitro benzene ring substituents is 1. The Morgan fingerprint density at radius 3 is 2.48 bits per heavy atom. The SMILES string of the molecule is CCc1nccc(CCCOc2ccc([N+](=O)[O-])cc2)c1CC. The van der Waals surface area contributed by atoms with E-state index in [1.807, 2.05) is 6.20 Å². The van der Waals surface area contributed by atoms with Crippen molar-refractivity contribution < 1.29 is 9.66 Å². The molecule has 0 aliphatic heterocycles. The van der Waals surface area contributed by atoms with Gasteiger partial charge in [0.2, 0.25) is 0 Å². The first-order chi connectivity index (χ1) is 11.2. The summed E-state index contributed by atoms with van der Waals surface area (Å²) in [6, 6.07) is 8.28. The van der Waals surface area contributed by atoms with Gasteiger partial charge in [0, 0.05) is 24.0 Å². The largest absolute Gasteiger partial charge is 0.494 e. The van der Waals surface area contributed by atoms with Crippen molar-refractivity contribution in [3.8, 4) is 5.75 Å². The van der Waals surface area contributed by atoms with E-state index in [2.05, 4.69) is 24.9 Å². The molecule has 122 valence electrons. The van der Waals surface area contributed by atoms with Gasteiger partial charge >= 0.3 is 0 Å². The number of aryl methyl sites for hydroxylation is 2. The molecule has 0 atom stereocenters. The third-order valence-electron chi connectivity index (χ3n) is 3.84. The molecule has 0 spiro atoms. The van der Waals surface area contributed by atoms with Crippen molar-refractivity contribution in [3.63, 3.8) is 0 Å². The van der Waals surface area contributed by atoms with Gasteiger partial charge < -0.3 is 4.74 Å².